The van der Waals surface area contributed by atoms with Gasteiger partial charge in [-0.15, -0.1) is 0 Å². The van der Waals surface area contributed by atoms with Crippen LogP contribution in [0.2, 0.25) is 5.02 Å². The van der Waals surface area contributed by atoms with E-state index in [1.165, 1.54) is 12.1 Å². The van der Waals surface area contributed by atoms with Crippen LogP contribution in [0.4, 0.5) is 10.1 Å². The van der Waals surface area contributed by atoms with Crippen molar-refractivity contribution in [2.24, 2.45) is 5.73 Å². The van der Waals surface area contributed by atoms with E-state index in [-0.39, 0.29) is 5.02 Å². The Morgan fingerprint density at radius 1 is 1.25 bits per heavy atom. The number of hydrogen-bond acceptors (Lipinski definition) is 2. The van der Waals surface area contributed by atoms with Gasteiger partial charge in [-0.1, -0.05) is 41.9 Å². The third-order valence-electron chi connectivity index (χ3n) is 3.02. The SMILES string of the molecule is CC(N)(C(=O)Nc1ccc(F)cc1Cl)c1ccccc1. The molecule has 0 fully saturated rings. The average Bonchev–Trinajstić information content (AvgIpc) is 2.42. The van der Waals surface area contributed by atoms with E-state index in [1.54, 1.807) is 31.2 Å². The van der Waals surface area contributed by atoms with Crippen molar-refractivity contribution in [2.75, 3.05) is 5.32 Å². The number of nitrogens with two attached hydrogens (primary N) is 1. The number of benzene rings is 2. The molecule has 0 aliphatic rings. The van der Waals surface area contributed by atoms with Crippen LogP contribution in [0.3, 0.4) is 0 Å². The smallest absolute Gasteiger partial charge is 0.248 e. The minimum atomic E-state index is -1.21. The predicted molar refractivity (Wildman–Crippen MR) is 78.0 cm³/mol. The molecule has 0 saturated carbocycles. The van der Waals surface area contributed by atoms with Crippen LogP contribution < -0.4 is 11.1 Å². The first-order valence-electron chi connectivity index (χ1n) is 6.02. The minimum absolute atomic E-state index is 0.127. The number of carbonyl (C=O) groups excluding carboxylic acids is 1. The molecule has 0 saturated heterocycles. The highest BCUT2D eigenvalue weighted by molar-refractivity contribution is 6.33. The van der Waals surface area contributed by atoms with E-state index in [0.29, 0.717) is 11.3 Å². The molecule has 2 aromatic rings. The van der Waals surface area contributed by atoms with Crippen LogP contribution in [-0.4, -0.2) is 5.91 Å². The van der Waals surface area contributed by atoms with Gasteiger partial charge in [0, 0.05) is 0 Å². The highest BCUT2D eigenvalue weighted by Gasteiger charge is 2.30. The minimum Gasteiger partial charge on any atom is -0.323 e. The molecular weight excluding hydrogens is 279 g/mol. The number of anilines is 1. The van der Waals surface area contributed by atoms with Crippen molar-refractivity contribution < 1.29 is 9.18 Å². The van der Waals surface area contributed by atoms with E-state index < -0.39 is 17.3 Å². The van der Waals surface area contributed by atoms with Crippen molar-refractivity contribution in [2.45, 2.75) is 12.5 Å². The second-order valence-corrected chi connectivity index (χ2v) is 5.05. The van der Waals surface area contributed by atoms with Gasteiger partial charge in [-0.3, -0.25) is 4.79 Å². The second kappa shape index (κ2) is 5.61. The maximum absolute atomic E-state index is 13.0. The molecule has 5 heteroatoms. The first-order chi connectivity index (χ1) is 9.41. The van der Waals surface area contributed by atoms with Crippen LogP contribution in [0, 0.1) is 5.82 Å². The number of amides is 1. The summed E-state index contributed by atoms with van der Waals surface area (Å²) in [6, 6.07) is 12.7. The number of halogens is 2. The van der Waals surface area contributed by atoms with Crippen LogP contribution >= 0.6 is 11.6 Å². The van der Waals surface area contributed by atoms with E-state index in [1.807, 2.05) is 6.07 Å². The molecule has 0 radical (unpaired) electrons. The Bertz CT molecular complexity index is 629. The summed E-state index contributed by atoms with van der Waals surface area (Å²) >= 11 is 5.87. The van der Waals surface area contributed by atoms with Gasteiger partial charge in [-0.25, -0.2) is 4.39 Å². The van der Waals surface area contributed by atoms with Gasteiger partial charge in [0.25, 0.3) is 0 Å². The lowest BCUT2D eigenvalue weighted by Gasteiger charge is -2.24. The molecule has 0 aromatic heterocycles. The average molecular weight is 293 g/mol. The number of carbonyl (C=O) groups is 1. The maximum atomic E-state index is 13.0. The molecule has 2 aromatic carbocycles. The van der Waals surface area contributed by atoms with Gasteiger partial charge in [-0.05, 0) is 30.7 Å². The number of hydrogen-bond donors (Lipinski definition) is 2. The van der Waals surface area contributed by atoms with E-state index in [4.69, 9.17) is 17.3 Å². The van der Waals surface area contributed by atoms with Crippen molar-refractivity contribution in [3.05, 3.63) is 64.9 Å². The van der Waals surface area contributed by atoms with Crippen molar-refractivity contribution in [1.29, 1.82) is 0 Å². The molecule has 0 heterocycles. The third-order valence-corrected chi connectivity index (χ3v) is 3.34. The number of rotatable bonds is 3. The zero-order valence-corrected chi connectivity index (χ0v) is 11.6. The normalized spacial score (nSPS) is 13.6. The van der Waals surface area contributed by atoms with Crippen molar-refractivity contribution >= 4 is 23.2 Å². The van der Waals surface area contributed by atoms with Crippen molar-refractivity contribution in [1.82, 2.24) is 0 Å². The first-order valence-corrected chi connectivity index (χ1v) is 6.40. The van der Waals surface area contributed by atoms with E-state index in [2.05, 4.69) is 5.32 Å². The van der Waals surface area contributed by atoms with Gasteiger partial charge in [0.2, 0.25) is 5.91 Å². The molecular formula is C15H14ClFN2O. The van der Waals surface area contributed by atoms with E-state index in [9.17, 15) is 9.18 Å². The molecule has 0 aliphatic heterocycles. The quantitative estimate of drug-likeness (QED) is 0.912. The van der Waals surface area contributed by atoms with Gasteiger partial charge >= 0.3 is 0 Å². The molecule has 1 amide bonds. The molecule has 104 valence electrons. The summed E-state index contributed by atoms with van der Waals surface area (Å²) in [5, 5.41) is 2.74. The molecule has 0 bridgehead atoms. The first kappa shape index (κ1) is 14.5. The Labute approximate surface area is 121 Å². The Hall–Kier alpha value is -1.91. The summed E-state index contributed by atoms with van der Waals surface area (Å²) in [7, 11) is 0. The van der Waals surface area contributed by atoms with Crippen LogP contribution in [0.15, 0.2) is 48.5 Å². The Balaban J connectivity index is 2.23. The highest BCUT2D eigenvalue weighted by atomic mass is 35.5. The Morgan fingerprint density at radius 3 is 2.50 bits per heavy atom. The summed E-state index contributed by atoms with van der Waals surface area (Å²) in [6.07, 6.45) is 0. The summed E-state index contributed by atoms with van der Waals surface area (Å²) in [4.78, 5) is 12.3. The van der Waals surface area contributed by atoms with Gasteiger partial charge in [-0.2, -0.15) is 0 Å². The van der Waals surface area contributed by atoms with E-state index >= 15 is 0 Å². The monoisotopic (exact) mass is 292 g/mol. The van der Waals surface area contributed by atoms with Gasteiger partial charge in [0.05, 0.1) is 10.7 Å². The van der Waals surface area contributed by atoms with Crippen LogP contribution in [0.1, 0.15) is 12.5 Å². The van der Waals surface area contributed by atoms with Crippen molar-refractivity contribution in [3.8, 4) is 0 Å². The summed E-state index contributed by atoms with van der Waals surface area (Å²) in [6.45, 7) is 1.61. The van der Waals surface area contributed by atoms with E-state index in [0.717, 1.165) is 6.07 Å². The third kappa shape index (κ3) is 2.98. The molecule has 2 rings (SSSR count). The molecule has 1 atom stereocenters. The molecule has 0 spiro atoms. The fraction of sp³-hybridized carbons (Fsp3) is 0.133. The van der Waals surface area contributed by atoms with Crippen molar-refractivity contribution in [3.63, 3.8) is 0 Å². The van der Waals surface area contributed by atoms with Crippen LogP contribution in [-0.2, 0) is 10.3 Å². The lowest BCUT2D eigenvalue weighted by atomic mass is 9.92. The van der Waals surface area contributed by atoms with Crippen LogP contribution in [0.5, 0.6) is 0 Å². The fourth-order valence-electron chi connectivity index (χ4n) is 1.76. The predicted octanol–water partition coefficient (Wildman–Crippen LogP) is 3.29. The van der Waals surface area contributed by atoms with Gasteiger partial charge in [0.15, 0.2) is 0 Å². The molecule has 3 nitrogen and oxygen atoms in total. The standard InChI is InChI=1S/C15H14ClFN2O/c1-15(18,10-5-3-2-4-6-10)14(20)19-13-8-7-11(17)9-12(13)16/h2-9H,18H2,1H3,(H,19,20). The zero-order chi connectivity index (χ0) is 14.8. The number of nitrogens with one attached hydrogen (secondary N) is 1. The summed E-state index contributed by atoms with van der Waals surface area (Å²) in [5.41, 5.74) is 5.87. The second-order valence-electron chi connectivity index (χ2n) is 4.65. The lowest BCUT2D eigenvalue weighted by molar-refractivity contribution is -0.120. The Kier molecular flexibility index (Phi) is 4.06. The zero-order valence-electron chi connectivity index (χ0n) is 10.9. The van der Waals surface area contributed by atoms with Gasteiger partial charge in [0.1, 0.15) is 11.4 Å². The summed E-state index contributed by atoms with van der Waals surface area (Å²) < 4.78 is 13.0. The Morgan fingerprint density at radius 2 is 1.90 bits per heavy atom. The summed E-state index contributed by atoms with van der Waals surface area (Å²) in [5.74, 6) is -0.885. The fourth-order valence-corrected chi connectivity index (χ4v) is 1.97. The molecule has 20 heavy (non-hydrogen) atoms. The van der Waals surface area contributed by atoms with Gasteiger partial charge < -0.3 is 11.1 Å². The molecule has 0 aliphatic carbocycles. The van der Waals surface area contributed by atoms with Crippen LogP contribution in [0.25, 0.3) is 0 Å². The maximum Gasteiger partial charge on any atom is 0.248 e. The molecule has 1 unspecified atom stereocenters. The lowest BCUT2D eigenvalue weighted by Crippen LogP contribution is -2.45. The molecule has 3 N–H and O–H groups in total. The highest BCUT2D eigenvalue weighted by Crippen LogP contribution is 2.25. The topological polar surface area (TPSA) is 55.1 Å². The largest absolute Gasteiger partial charge is 0.323 e.